The molecule has 0 aliphatic carbocycles. The molecule has 0 fully saturated rings. The summed E-state index contributed by atoms with van der Waals surface area (Å²) in [6, 6.07) is 63.0. The molecular weight excluding hydrogens is 655 g/mol. The highest BCUT2D eigenvalue weighted by Gasteiger charge is 2.15. The van der Waals surface area contributed by atoms with Crippen LogP contribution in [0.25, 0.3) is 34.3 Å². The highest BCUT2D eigenvalue weighted by Crippen LogP contribution is 2.37. The minimum absolute atomic E-state index is 0.960. The molecule has 0 saturated heterocycles. The van der Waals surface area contributed by atoms with Crippen LogP contribution in [0.2, 0.25) is 0 Å². The third-order valence-electron chi connectivity index (χ3n) is 9.93. The Hall–Kier alpha value is -6.71. The van der Waals surface area contributed by atoms with E-state index in [-0.39, 0.29) is 0 Å². The second-order valence-electron chi connectivity index (χ2n) is 14.1. The van der Waals surface area contributed by atoms with Crippen LogP contribution in [0, 0.1) is 27.7 Å². The predicted molar refractivity (Wildman–Crippen MR) is 231 cm³/mol. The minimum atomic E-state index is 0.960. The molecule has 1 heterocycles. The maximum atomic E-state index is 5.07. The molecule has 0 radical (unpaired) electrons. The molecule has 0 spiro atoms. The second kappa shape index (κ2) is 15.1. The van der Waals surface area contributed by atoms with E-state index in [4.69, 9.17) is 4.98 Å². The molecule has 0 aliphatic rings. The predicted octanol–water partition coefficient (Wildman–Crippen LogP) is 14.2. The van der Waals surface area contributed by atoms with E-state index in [1.807, 2.05) is 0 Å². The Morgan fingerprint density at radius 2 is 0.704 bits per heavy atom. The lowest BCUT2D eigenvalue weighted by atomic mass is 10.1. The van der Waals surface area contributed by atoms with E-state index < -0.39 is 0 Å². The lowest BCUT2D eigenvalue weighted by molar-refractivity contribution is 1.27. The van der Waals surface area contributed by atoms with Gasteiger partial charge in [0.05, 0.1) is 11.2 Å². The van der Waals surface area contributed by atoms with Gasteiger partial charge in [0.2, 0.25) is 0 Å². The Morgan fingerprint density at radius 3 is 1.13 bits per heavy atom. The largest absolute Gasteiger partial charge is 0.311 e. The van der Waals surface area contributed by atoms with Gasteiger partial charge in [-0.15, -0.1) is 0 Å². The smallest absolute Gasteiger partial charge is 0.0711 e. The third-order valence-corrected chi connectivity index (χ3v) is 9.93. The van der Waals surface area contributed by atoms with Crippen LogP contribution in [0.5, 0.6) is 0 Å². The van der Waals surface area contributed by atoms with E-state index in [9.17, 15) is 0 Å². The quantitative estimate of drug-likeness (QED) is 0.140. The van der Waals surface area contributed by atoms with Gasteiger partial charge in [0.15, 0.2) is 0 Å². The first-order valence-electron chi connectivity index (χ1n) is 18.5. The van der Waals surface area contributed by atoms with E-state index in [0.29, 0.717) is 0 Å². The summed E-state index contributed by atoms with van der Waals surface area (Å²) in [5.74, 6) is 0. The van der Waals surface area contributed by atoms with Crippen molar-refractivity contribution in [3.05, 3.63) is 209 Å². The van der Waals surface area contributed by atoms with Gasteiger partial charge < -0.3 is 9.80 Å². The first-order chi connectivity index (χ1) is 26.4. The number of hydrogen-bond acceptors (Lipinski definition) is 3. The van der Waals surface area contributed by atoms with Crippen molar-refractivity contribution in [3.63, 3.8) is 0 Å². The van der Waals surface area contributed by atoms with Gasteiger partial charge in [0.1, 0.15) is 0 Å². The molecule has 54 heavy (non-hydrogen) atoms. The number of rotatable bonds is 9. The SMILES string of the molecule is Cc1ccc(N(c2ccc(C)cc2)c2ccc(C=Cc3ccc(-c4ccc5cc(N(c6ccc(C)cc6)c6ccc(C)cc6)ccc5n4)cc3)cc2)cc1. The standard InChI is InChI=1S/C51H43N3/c1-36-5-22-44(23-6-36)53(45-24-7-37(2)8-25-45)48-30-17-41(18-31-48)14-13-40-15-19-42(20-16-40)50-33-21-43-35-49(32-34-51(43)52-50)54(46-26-9-38(3)10-27-46)47-28-11-39(4)12-29-47/h5-35H,1-4H3. The summed E-state index contributed by atoms with van der Waals surface area (Å²) in [5, 5.41) is 1.10. The minimum Gasteiger partial charge on any atom is -0.311 e. The van der Waals surface area contributed by atoms with Crippen LogP contribution in [0.3, 0.4) is 0 Å². The zero-order valence-corrected chi connectivity index (χ0v) is 31.2. The summed E-state index contributed by atoms with van der Waals surface area (Å²) < 4.78 is 0. The van der Waals surface area contributed by atoms with Crippen LogP contribution < -0.4 is 9.80 Å². The maximum absolute atomic E-state index is 5.07. The van der Waals surface area contributed by atoms with Gasteiger partial charge in [-0.3, -0.25) is 0 Å². The summed E-state index contributed by atoms with van der Waals surface area (Å²) in [6.45, 7) is 8.49. The van der Waals surface area contributed by atoms with Gasteiger partial charge in [0.25, 0.3) is 0 Å². The van der Waals surface area contributed by atoms with Gasteiger partial charge in [-0.2, -0.15) is 0 Å². The number of fused-ring (bicyclic) bond motifs is 1. The number of aromatic nitrogens is 1. The molecule has 0 atom stereocenters. The summed E-state index contributed by atoms with van der Waals surface area (Å²) in [4.78, 5) is 9.68. The molecule has 3 nitrogen and oxygen atoms in total. The molecule has 1 aromatic heterocycles. The highest BCUT2D eigenvalue weighted by atomic mass is 15.1. The Kier molecular flexibility index (Phi) is 9.62. The molecule has 0 N–H and O–H groups in total. The fraction of sp³-hybridized carbons (Fsp3) is 0.0784. The Labute approximate surface area is 319 Å². The first-order valence-corrected chi connectivity index (χ1v) is 18.5. The summed E-state index contributed by atoms with van der Waals surface area (Å²) in [7, 11) is 0. The Bertz CT molecular complexity index is 2440. The maximum Gasteiger partial charge on any atom is 0.0711 e. The van der Waals surface area contributed by atoms with Crippen molar-refractivity contribution < 1.29 is 0 Å². The normalized spacial score (nSPS) is 11.3. The van der Waals surface area contributed by atoms with E-state index in [0.717, 1.165) is 67.4 Å². The summed E-state index contributed by atoms with van der Waals surface area (Å²) >= 11 is 0. The number of nitrogens with zero attached hydrogens (tertiary/aromatic N) is 3. The monoisotopic (exact) mass is 697 g/mol. The zero-order chi connectivity index (χ0) is 37.0. The van der Waals surface area contributed by atoms with Crippen molar-refractivity contribution in [1.29, 1.82) is 0 Å². The van der Waals surface area contributed by atoms with Gasteiger partial charge in [-0.05, 0) is 124 Å². The molecule has 262 valence electrons. The third kappa shape index (κ3) is 7.58. The molecule has 0 amide bonds. The van der Waals surface area contributed by atoms with Gasteiger partial charge in [-0.1, -0.05) is 125 Å². The van der Waals surface area contributed by atoms with Crippen molar-refractivity contribution in [1.82, 2.24) is 4.98 Å². The van der Waals surface area contributed by atoms with Crippen molar-refractivity contribution >= 4 is 57.2 Å². The first kappa shape index (κ1) is 34.4. The van der Waals surface area contributed by atoms with Crippen molar-refractivity contribution in [2.45, 2.75) is 27.7 Å². The number of benzene rings is 7. The van der Waals surface area contributed by atoms with E-state index in [1.54, 1.807) is 0 Å². The average molecular weight is 698 g/mol. The van der Waals surface area contributed by atoms with Crippen LogP contribution in [0.15, 0.2) is 176 Å². The van der Waals surface area contributed by atoms with Gasteiger partial charge in [-0.25, -0.2) is 4.98 Å². The van der Waals surface area contributed by atoms with Crippen molar-refractivity contribution in [2.75, 3.05) is 9.80 Å². The highest BCUT2D eigenvalue weighted by molar-refractivity contribution is 5.88. The average Bonchev–Trinajstić information content (AvgIpc) is 3.20. The molecular formula is C51H43N3. The molecule has 0 aliphatic heterocycles. The summed E-state index contributed by atoms with van der Waals surface area (Å²) in [6.07, 6.45) is 4.34. The van der Waals surface area contributed by atoms with Crippen molar-refractivity contribution in [2.24, 2.45) is 0 Å². The Morgan fingerprint density at radius 1 is 0.352 bits per heavy atom. The lowest BCUT2D eigenvalue weighted by Gasteiger charge is -2.26. The van der Waals surface area contributed by atoms with Crippen LogP contribution in [-0.2, 0) is 0 Å². The van der Waals surface area contributed by atoms with E-state index >= 15 is 0 Å². The van der Waals surface area contributed by atoms with Gasteiger partial charge in [0, 0.05) is 45.1 Å². The number of hydrogen-bond donors (Lipinski definition) is 0. The molecule has 7 aromatic carbocycles. The number of aryl methyl sites for hydroxylation is 4. The topological polar surface area (TPSA) is 19.4 Å². The molecule has 8 rings (SSSR count). The van der Waals surface area contributed by atoms with Crippen LogP contribution in [-0.4, -0.2) is 4.98 Å². The molecule has 0 unspecified atom stereocenters. The van der Waals surface area contributed by atoms with E-state index in [2.05, 4.69) is 226 Å². The number of anilines is 6. The Balaban J connectivity index is 0.996. The van der Waals surface area contributed by atoms with Gasteiger partial charge >= 0.3 is 0 Å². The molecule has 0 saturated carbocycles. The lowest BCUT2D eigenvalue weighted by Crippen LogP contribution is -2.10. The number of pyridine rings is 1. The molecule has 3 heteroatoms. The van der Waals surface area contributed by atoms with Crippen LogP contribution >= 0.6 is 0 Å². The van der Waals surface area contributed by atoms with E-state index in [1.165, 1.54) is 22.3 Å². The fourth-order valence-corrected chi connectivity index (χ4v) is 6.77. The van der Waals surface area contributed by atoms with Crippen LogP contribution in [0.4, 0.5) is 34.1 Å². The fourth-order valence-electron chi connectivity index (χ4n) is 6.77. The second-order valence-corrected chi connectivity index (χ2v) is 14.1. The van der Waals surface area contributed by atoms with Crippen molar-refractivity contribution in [3.8, 4) is 11.3 Å². The molecule has 8 aromatic rings. The molecule has 0 bridgehead atoms. The van der Waals surface area contributed by atoms with Crippen LogP contribution in [0.1, 0.15) is 33.4 Å². The summed E-state index contributed by atoms with van der Waals surface area (Å²) in [5.41, 5.74) is 17.1. The zero-order valence-electron chi connectivity index (χ0n) is 31.2.